The first-order valence-corrected chi connectivity index (χ1v) is 10.8. The molecule has 4 aromatic carbocycles. The number of fused-ring (bicyclic) bond motifs is 2. The van der Waals surface area contributed by atoms with Gasteiger partial charge < -0.3 is 0 Å². The van der Waals surface area contributed by atoms with Crippen molar-refractivity contribution in [2.75, 3.05) is 0 Å². The smallest absolute Gasteiger partial charge is 0.0715 e. The Bertz CT molecular complexity index is 1470. The molecular weight excluding hydrogens is 548 g/mol. The molecule has 0 saturated heterocycles. The van der Waals surface area contributed by atoms with Crippen molar-refractivity contribution in [3.05, 3.63) is 121 Å². The van der Waals surface area contributed by atoms with Crippen LogP contribution in [0, 0.1) is 0 Å². The number of hydrogen-bond donors (Lipinski definition) is 0. The zero-order chi connectivity index (χ0) is 21.3. The monoisotopic (exact) mass is 568 g/mol. The molecule has 0 N–H and O–H groups in total. The molecule has 0 aliphatic carbocycles. The van der Waals surface area contributed by atoms with Crippen LogP contribution in [0.2, 0.25) is 0 Å². The Balaban J connectivity index is 0.00000137. The summed E-state index contributed by atoms with van der Waals surface area (Å²) >= 11 is 0. The molecule has 0 spiro atoms. The number of pyridine rings is 2. The van der Waals surface area contributed by atoms with E-state index >= 15 is 0 Å². The van der Waals surface area contributed by atoms with Crippen LogP contribution in [0.15, 0.2) is 121 Å². The molecule has 2 nitrogen and oxygen atoms in total. The topological polar surface area (TPSA) is 25.8 Å². The van der Waals surface area contributed by atoms with Crippen LogP contribution in [0.1, 0.15) is 0 Å². The van der Waals surface area contributed by atoms with Gasteiger partial charge >= 0.3 is 0 Å². The third-order valence-corrected chi connectivity index (χ3v) is 5.89. The van der Waals surface area contributed by atoms with Crippen LogP contribution in [0.25, 0.3) is 55.4 Å². The highest BCUT2D eigenvalue weighted by Crippen LogP contribution is 2.37. The molecule has 0 saturated carbocycles. The number of halogens is 2. The van der Waals surface area contributed by atoms with E-state index in [2.05, 4.69) is 97.1 Å². The fourth-order valence-corrected chi connectivity index (χ4v) is 4.31. The van der Waals surface area contributed by atoms with Crippen molar-refractivity contribution in [1.82, 2.24) is 9.97 Å². The molecule has 4 heteroatoms. The van der Waals surface area contributed by atoms with Gasteiger partial charge in [-0.25, -0.2) is 9.97 Å². The van der Waals surface area contributed by atoms with Crippen LogP contribution >= 0.6 is 34.0 Å². The number of rotatable bonds is 3. The average molecular weight is 570 g/mol. The van der Waals surface area contributed by atoms with E-state index in [0.29, 0.717) is 0 Å². The van der Waals surface area contributed by atoms with Crippen LogP contribution in [0.4, 0.5) is 0 Å². The van der Waals surface area contributed by atoms with Crippen LogP contribution < -0.4 is 0 Å². The summed E-state index contributed by atoms with van der Waals surface area (Å²) in [7, 11) is 0. The van der Waals surface area contributed by atoms with Crippen molar-refractivity contribution < 1.29 is 0 Å². The highest BCUT2D eigenvalue weighted by Gasteiger charge is 2.14. The zero-order valence-corrected chi connectivity index (χ0v) is 21.7. The molecule has 0 bridgehead atoms. The molecule has 6 rings (SSSR count). The fraction of sp³-hybridized carbons (Fsp3) is 0. The number of nitrogens with zero attached hydrogens (tertiary/aromatic N) is 2. The number of benzene rings is 4. The zero-order valence-electron chi connectivity index (χ0n) is 18.3. The minimum absolute atomic E-state index is 0. The van der Waals surface area contributed by atoms with Gasteiger partial charge in [0, 0.05) is 21.9 Å². The molecule has 0 amide bonds. The maximum atomic E-state index is 4.96. The number of aromatic nitrogens is 2. The molecule has 0 unspecified atom stereocenters. The lowest BCUT2D eigenvalue weighted by Gasteiger charge is -2.14. The highest BCUT2D eigenvalue weighted by molar-refractivity contribution is 8.93. The molecule has 0 radical (unpaired) electrons. The van der Waals surface area contributed by atoms with Crippen molar-refractivity contribution >= 4 is 55.8 Å². The summed E-state index contributed by atoms with van der Waals surface area (Å²) < 4.78 is 0. The highest BCUT2D eigenvalue weighted by atomic mass is 79.9. The Kier molecular flexibility index (Phi) is 7.20. The maximum Gasteiger partial charge on any atom is 0.0715 e. The summed E-state index contributed by atoms with van der Waals surface area (Å²) in [6, 6.07) is 42.0. The summed E-state index contributed by atoms with van der Waals surface area (Å²) in [5.41, 5.74) is 8.49. The van der Waals surface area contributed by atoms with Gasteiger partial charge in [-0.3, -0.25) is 0 Å². The van der Waals surface area contributed by atoms with Crippen molar-refractivity contribution in [2.24, 2.45) is 0 Å². The van der Waals surface area contributed by atoms with E-state index in [-0.39, 0.29) is 34.0 Å². The molecule has 0 aliphatic rings. The van der Waals surface area contributed by atoms with Crippen LogP contribution in [0.5, 0.6) is 0 Å². The Hall–Kier alpha value is -3.34. The lowest BCUT2D eigenvalue weighted by molar-refractivity contribution is 1.38. The molecule has 6 aromatic rings. The van der Waals surface area contributed by atoms with Gasteiger partial charge in [0.1, 0.15) is 0 Å². The minimum Gasteiger partial charge on any atom is -0.248 e. The molecule has 34 heavy (non-hydrogen) atoms. The molecule has 166 valence electrons. The minimum atomic E-state index is 0. The second-order valence-corrected chi connectivity index (χ2v) is 7.87. The molecule has 0 fully saturated rings. The molecular formula is C30H22Br2N2. The molecule has 0 aliphatic heterocycles. The van der Waals surface area contributed by atoms with E-state index in [9.17, 15) is 0 Å². The average Bonchev–Trinajstić information content (AvgIpc) is 2.88. The fourth-order valence-electron chi connectivity index (χ4n) is 4.31. The number of para-hydroxylation sites is 2. The normalized spacial score (nSPS) is 10.5. The van der Waals surface area contributed by atoms with E-state index in [1.807, 2.05) is 24.3 Å². The molecule has 2 heterocycles. The summed E-state index contributed by atoms with van der Waals surface area (Å²) in [4.78, 5) is 9.92. The predicted molar refractivity (Wildman–Crippen MR) is 154 cm³/mol. The van der Waals surface area contributed by atoms with Gasteiger partial charge in [-0.2, -0.15) is 0 Å². The predicted octanol–water partition coefficient (Wildman–Crippen LogP) is 8.94. The van der Waals surface area contributed by atoms with E-state index in [0.717, 1.165) is 55.4 Å². The van der Waals surface area contributed by atoms with E-state index in [1.54, 1.807) is 0 Å². The van der Waals surface area contributed by atoms with Crippen molar-refractivity contribution in [2.45, 2.75) is 0 Å². The lowest BCUT2D eigenvalue weighted by Crippen LogP contribution is -1.92. The van der Waals surface area contributed by atoms with Crippen molar-refractivity contribution in [3.63, 3.8) is 0 Å². The summed E-state index contributed by atoms with van der Waals surface area (Å²) in [6.07, 6.45) is 0. The maximum absolute atomic E-state index is 4.96. The molecule has 0 atom stereocenters. The van der Waals surface area contributed by atoms with E-state index in [4.69, 9.17) is 9.97 Å². The van der Waals surface area contributed by atoms with Crippen LogP contribution in [0.3, 0.4) is 0 Å². The van der Waals surface area contributed by atoms with E-state index in [1.165, 1.54) is 0 Å². The second kappa shape index (κ2) is 10.3. The van der Waals surface area contributed by atoms with E-state index < -0.39 is 0 Å². The van der Waals surface area contributed by atoms with Crippen LogP contribution in [-0.4, -0.2) is 9.97 Å². The Morgan fingerprint density at radius 2 is 0.676 bits per heavy atom. The third kappa shape index (κ3) is 4.39. The Morgan fingerprint density at radius 3 is 1.12 bits per heavy atom. The van der Waals surface area contributed by atoms with Gasteiger partial charge in [-0.05, 0) is 35.4 Å². The lowest BCUT2D eigenvalue weighted by atomic mass is 9.92. The largest absolute Gasteiger partial charge is 0.248 e. The summed E-state index contributed by atoms with van der Waals surface area (Å²) in [5, 5.41) is 2.30. The Morgan fingerprint density at radius 1 is 0.324 bits per heavy atom. The van der Waals surface area contributed by atoms with Crippen molar-refractivity contribution in [3.8, 4) is 33.6 Å². The van der Waals surface area contributed by atoms with Gasteiger partial charge in [-0.1, -0.05) is 97.1 Å². The SMILES string of the molecule is Br.Br.c1ccc(-c2ccccc2-c2ccc3ccccc3n2)c(-c2ccc3ccccc3n2)c1. The van der Waals surface area contributed by atoms with Crippen LogP contribution in [-0.2, 0) is 0 Å². The first-order chi connectivity index (χ1) is 15.9. The second-order valence-electron chi connectivity index (χ2n) is 7.87. The third-order valence-electron chi connectivity index (χ3n) is 5.89. The first kappa shape index (κ1) is 23.8. The quantitative estimate of drug-likeness (QED) is 0.212. The van der Waals surface area contributed by atoms with Gasteiger partial charge in [0.15, 0.2) is 0 Å². The summed E-state index contributed by atoms with van der Waals surface area (Å²) in [6.45, 7) is 0. The van der Waals surface area contributed by atoms with Crippen molar-refractivity contribution in [1.29, 1.82) is 0 Å². The number of hydrogen-bond acceptors (Lipinski definition) is 2. The standard InChI is InChI=1S/C30H20N2.2BrH/c1-7-15-27-21(9-1)17-19-29(31-27)25-13-5-3-11-23(25)24-12-4-6-14-26(24)30-20-18-22-10-2-8-16-28(22)32-30;;/h1-20H;2*1H. The van der Waals surface area contributed by atoms with Gasteiger partial charge in [0.2, 0.25) is 0 Å². The first-order valence-electron chi connectivity index (χ1n) is 10.8. The molecule has 2 aromatic heterocycles. The van der Waals surface area contributed by atoms with Gasteiger partial charge in [0.25, 0.3) is 0 Å². The van der Waals surface area contributed by atoms with Gasteiger partial charge in [-0.15, -0.1) is 34.0 Å². The van der Waals surface area contributed by atoms with Gasteiger partial charge in [0.05, 0.1) is 22.4 Å². The summed E-state index contributed by atoms with van der Waals surface area (Å²) in [5.74, 6) is 0. The Labute approximate surface area is 219 Å².